The fourth-order valence-electron chi connectivity index (χ4n) is 1.63. The minimum absolute atomic E-state index is 0.0258. The van der Waals surface area contributed by atoms with Crippen molar-refractivity contribution in [1.29, 1.82) is 0 Å². The van der Waals surface area contributed by atoms with E-state index in [2.05, 4.69) is 0 Å². The van der Waals surface area contributed by atoms with E-state index in [-0.39, 0.29) is 11.7 Å². The Bertz CT molecular complexity index is 319. The second-order valence-electron chi connectivity index (χ2n) is 3.83. The summed E-state index contributed by atoms with van der Waals surface area (Å²) < 4.78 is 0. The highest BCUT2D eigenvalue weighted by Gasteiger charge is 2.44. The summed E-state index contributed by atoms with van der Waals surface area (Å²) in [6.07, 6.45) is 3.26. The normalized spacial score (nSPS) is 31.9. The molecule has 0 heterocycles. The zero-order valence-corrected chi connectivity index (χ0v) is 8.53. The van der Waals surface area contributed by atoms with Gasteiger partial charge < -0.3 is 5.11 Å². The molecular formula is C10H15NO3. The lowest BCUT2D eigenvalue weighted by atomic mass is 9.70. The molecule has 1 amide bonds. The van der Waals surface area contributed by atoms with E-state index in [4.69, 9.17) is 5.21 Å². The number of allylic oxidation sites excluding steroid dienone is 3. The third kappa shape index (κ3) is 1.32. The predicted octanol–water partition coefficient (Wildman–Crippen LogP) is 1.54. The van der Waals surface area contributed by atoms with Crippen molar-refractivity contribution in [3.8, 4) is 0 Å². The van der Waals surface area contributed by atoms with Gasteiger partial charge in [-0.15, -0.1) is 0 Å². The molecule has 2 atom stereocenters. The Kier molecular flexibility index (Phi) is 2.66. The lowest BCUT2D eigenvalue weighted by Crippen LogP contribution is -2.44. The van der Waals surface area contributed by atoms with Gasteiger partial charge in [-0.3, -0.25) is 10.0 Å². The summed E-state index contributed by atoms with van der Waals surface area (Å²) in [7, 11) is 0. The van der Waals surface area contributed by atoms with Crippen LogP contribution >= 0.6 is 0 Å². The summed E-state index contributed by atoms with van der Waals surface area (Å²) in [4.78, 5) is 11.5. The van der Waals surface area contributed by atoms with Gasteiger partial charge in [0.2, 0.25) is 0 Å². The van der Waals surface area contributed by atoms with Crippen molar-refractivity contribution >= 4 is 5.91 Å². The second-order valence-corrected chi connectivity index (χ2v) is 3.83. The SMILES string of the molecule is CC1=CC=C(O)C(C)(C(=O)NO)C1C. The Balaban J connectivity index is 3.16. The van der Waals surface area contributed by atoms with E-state index in [1.54, 1.807) is 18.5 Å². The van der Waals surface area contributed by atoms with Gasteiger partial charge in [0.15, 0.2) is 0 Å². The predicted molar refractivity (Wildman–Crippen MR) is 51.7 cm³/mol. The van der Waals surface area contributed by atoms with Crippen LogP contribution in [0.4, 0.5) is 0 Å². The molecule has 3 N–H and O–H groups in total. The lowest BCUT2D eigenvalue weighted by Gasteiger charge is -2.35. The van der Waals surface area contributed by atoms with E-state index in [1.807, 2.05) is 13.8 Å². The molecule has 2 unspecified atom stereocenters. The van der Waals surface area contributed by atoms with E-state index in [0.717, 1.165) is 5.57 Å². The monoisotopic (exact) mass is 197 g/mol. The lowest BCUT2D eigenvalue weighted by molar-refractivity contribution is -0.140. The van der Waals surface area contributed by atoms with Gasteiger partial charge in [0.1, 0.15) is 11.2 Å². The Labute approximate surface area is 82.9 Å². The number of rotatable bonds is 1. The van der Waals surface area contributed by atoms with Crippen molar-refractivity contribution < 1.29 is 15.1 Å². The van der Waals surface area contributed by atoms with Crippen LogP contribution in [0.3, 0.4) is 0 Å². The summed E-state index contributed by atoms with van der Waals surface area (Å²) in [5.74, 6) is -0.756. The molecule has 0 radical (unpaired) electrons. The van der Waals surface area contributed by atoms with E-state index >= 15 is 0 Å². The zero-order valence-electron chi connectivity index (χ0n) is 8.53. The molecular weight excluding hydrogens is 182 g/mol. The van der Waals surface area contributed by atoms with Gasteiger partial charge in [-0.05, 0) is 25.8 Å². The second kappa shape index (κ2) is 3.46. The summed E-state index contributed by atoms with van der Waals surface area (Å²) >= 11 is 0. The highest BCUT2D eigenvalue weighted by molar-refractivity contribution is 5.85. The first-order chi connectivity index (χ1) is 6.44. The van der Waals surface area contributed by atoms with Gasteiger partial charge in [0.25, 0.3) is 5.91 Å². The topological polar surface area (TPSA) is 69.6 Å². The summed E-state index contributed by atoms with van der Waals surface area (Å²) in [6.45, 7) is 5.33. The molecule has 0 saturated heterocycles. The van der Waals surface area contributed by atoms with Crippen LogP contribution in [0.5, 0.6) is 0 Å². The number of carbonyl (C=O) groups is 1. The maximum atomic E-state index is 11.5. The summed E-state index contributed by atoms with van der Waals surface area (Å²) in [6, 6.07) is 0. The molecule has 0 saturated carbocycles. The standard InChI is InChI=1S/C10H15NO3/c1-6-4-5-8(12)10(3,7(6)2)9(13)11-14/h4-5,7,12,14H,1-3H3,(H,11,13). The van der Waals surface area contributed by atoms with Gasteiger partial charge in [-0.25, -0.2) is 5.48 Å². The molecule has 1 aliphatic rings. The third-order valence-corrected chi connectivity index (χ3v) is 3.16. The fraction of sp³-hybridized carbons (Fsp3) is 0.500. The highest BCUT2D eigenvalue weighted by Crippen LogP contribution is 2.41. The molecule has 0 aromatic rings. The summed E-state index contributed by atoms with van der Waals surface area (Å²) in [5.41, 5.74) is 1.51. The number of amides is 1. The number of hydrogen-bond acceptors (Lipinski definition) is 3. The number of aliphatic hydroxyl groups is 1. The first-order valence-electron chi connectivity index (χ1n) is 4.47. The average Bonchev–Trinajstić information content (AvgIpc) is 2.19. The van der Waals surface area contributed by atoms with Crippen molar-refractivity contribution in [2.75, 3.05) is 0 Å². The molecule has 1 aliphatic carbocycles. The Morgan fingerprint density at radius 2 is 2.14 bits per heavy atom. The largest absolute Gasteiger partial charge is 0.511 e. The molecule has 0 bridgehead atoms. The van der Waals surface area contributed by atoms with Crippen molar-refractivity contribution in [3.63, 3.8) is 0 Å². The van der Waals surface area contributed by atoms with Gasteiger partial charge >= 0.3 is 0 Å². The van der Waals surface area contributed by atoms with Crippen molar-refractivity contribution in [2.45, 2.75) is 20.8 Å². The Morgan fingerprint density at radius 1 is 1.57 bits per heavy atom. The van der Waals surface area contributed by atoms with Crippen molar-refractivity contribution in [3.05, 3.63) is 23.5 Å². The minimum atomic E-state index is -1.08. The number of hydrogen-bond donors (Lipinski definition) is 3. The molecule has 14 heavy (non-hydrogen) atoms. The van der Waals surface area contributed by atoms with Crippen LogP contribution in [0.25, 0.3) is 0 Å². The van der Waals surface area contributed by atoms with E-state index in [1.165, 1.54) is 6.08 Å². The Hall–Kier alpha value is -1.29. The molecule has 0 aromatic heterocycles. The van der Waals surface area contributed by atoms with Crippen molar-refractivity contribution in [1.82, 2.24) is 5.48 Å². The molecule has 0 aliphatic heterocycles. The fourth-order valence-corrected chi connectivity index (χ4v) is 1.63. The molecule has 78 valence electrons. The van der Waals surface area contributed by atoms with Gasteiger partial charge in [-0.1, -0.05) is 18.6 Å². The third-order valence-electron chi connectivity index (χ3n) is 3.16. The van der Waals surface area contributed by atoms with E-state index < -0.39 is 11.3 Å². The number of nitrogens with one attached hydrogen (secondary N) is 1. The molecule has 1 rings (SSSR count). The maximum absolute atomic E-state index is 11.5. The molecule has 0 aromatic carbocycles. The van der Waals surface area contributed by atoms with Crippen LogP contribution in [0.1, 0.15) is 20.8 Å². The smallest absolute Gasteiger partial charge is 0.257 e. The molecule has 4 heteroatoms. The number of carbonyl (C=O) groups excluding carboxylic acids is 1. The van der Waals surface area contributed by atoms with Crippen LogP contribution < -0.4 is 5.48 Å². The highest BCUT2D eigenvalue weighted by atomic mass is 16.5. The van der Waals surface area contributed by atoms with Crippen LogP contribution in [0.2, 0.25) is 0 Å². The van der Waals surface area contributed by atoms with Crippen LogP contribution in [-0.4, -0.2) is 16.2 Å². The average molecular weight is 197 g/mol. The molecule has 0 spiro atoms. The number of aliphatic hydroxyl groups excluding tert-OH is 1. The summed E-state index contributed by atoms with van der Waals surface area (Å²) in [5, 5.41) is 18.3. The minimum Gasteiger partial charge on any atom is -0.511 e. The van der Waals surface area contributed by atoms with Crippen molar-refractivity contribution in [2.24, 2.45) is 11.3 Å². The van der Waals surface area contributed by atoms with Crippen LogP contribution in [-0.2, 0) is 4.79 Å². The molecule has 4 nitrogen and oxygen atoms in total. The van der Waals surface area contributed by atoms with E-state index in [9.17, 15) is 9.90 Å². The van der Waals surface area contributed by atoms with Gasteiger partial charge in [0, 0.05) is 0 Å². The molecule has 0 fully saturated rings. The van der Waals surface area contributed by atoms with Gasteiger partial charge in [0.05, 0.1) is 0 Å². The maximum Gasteiger partial charge on any atom is 0.257 e. The zero-order chi connectivity index (χ0) is 10.9. The first-order valence-corrected chi connectivity index (χ1v) is 4.47. The van der Waals surface area contributed by atoms with Crippen LogP contribution in [0.15, 0.2) is 23.5 Å². The first kappa shape index (κ1) is 10.8. The quantitative estimate of drug-likeness (QED) is 0.441. The van der Waals surface area contributed by atoms with E-state index in [0.29, 0.717) is 0 Å². The Morgan fingerprint density at radius 3 is 2.64 bits per heavy atom. The van der Waals surface area contributed by atoms with Gasteiger partial charge in [-0.2, -0.15) is 0 Å². The van der Waals surface area contributed by atoms with Crippen LogP contribution in [0, 0.1) is 11.3 Å². The number of hydroxylamine groups is 1.